The zero-order valence-corrected chi connectivity index (χ0v) is 76.1. The lowest BCUT2D eigenvalue weighted by Crippen LogP contribution is -2.46. The molecule has 5 aliphatic heterocycles. The molecule has 5 saturated heterocycles. The van der Waals surface area contributed by atoms with E-state index in [4.69, 9.17) is 0 Å². The number of amides is 4. The van der Waals surface area contributed by atoms with Crippen LogP contribution in [0.15, 0.2) is 116 Å². The van der Waals surface area contributed by atoms with E-state index in [9.17, 15) is 47.9 Å². The number of carbonyl (C=O) groups excluding carboxylic acids is 5. The van der Waals surface area contributed by atoms with Gasteiger partial charge in [0.25, 0.3) is 51.4 Å². The Labute approximate surface area is 740 Å². The van der Waals surface area contributed by atoms with Gasteiger partial charge in [-0.1, -0.05) is 76.5 Å². The van der Waals surface area contributed by atoms with Gasteiger partial charge in [0.05, 0.1) is 22.3 Å². The van der Waals surface area contributed by atoms with Crippen molar-refractivity contribution in [3.05, 3.63) is 205 Å². The summed E-state index contributed by atoms with van der Waals surface area (Å²) in [6, 6.07) is 6.30. The first kappa shape index (κ1) is 93.0. The summed E-state index contributed by atoms with van der Waals surface area (Å²) in [5, 5.41) is 7.60. The summed E-state index contributed by atoms with van der Waals surface area (Å²) >= 11 is 0. The van der Waals surface area contributed by atoms with Gasteiger partial charge in [-0.25, -0.2) is 9.97 Å². The standard InChI is InChI=1S/C21H29N3O2.C21H31N3O2.C20H29N3O2.C18H20N6O2.C18H25N3O2/c1-22(13-15-9-11-24(12-10-15)16-5-3-6-16)21(26)19-14-23(2)20(25)18-8-4-7-17(18)19;1-4-5-11-24-15-19(17-7-6-8-18(17)21(24)26)20(25)23(3)14-16-9-12-22(2)13-10-16;1-3-4-10-23-14-18(16-6-5-7-17(16)20(23)25)19(24)21-13-15-8-11-22(2)12-9-15;1-23-11-14(13-3-8-19-15(13)17(23)26)16(25)22-12-4-9-24(10-5-12)18-20-6-2-7-21-18;1-13-5-3-9-21(11-13)10-4-6-16(22)15-12-20(2)18(23)17-14(15)7-8-19-17/h4,7,14-16H,3,5-6,8-13H2,1-2H3;6-7,15-16H,4-5,8-14H2,1-3H3;5-6,14-15H,3-4,7-13H2,1-2H3,(H,21,24);2-3,6-8,11-12,19H,4-5,9-10H2,1H3,(H,22,25);7-8,12-13,19H,3-6,9-11H2,1-2H3. The van der Waals surface area contributed by atoms with Crippen LogP contribution in [-0.2, 0) is 53.5 Å². The molecule has 1 atom stereocenters. The van der Waals surface area contributed by atoms with Crippen LogP contribution in [0.4, 0.5) is 5.95 Å². The van der Waals surface area contributed by atoms with Gasteiger partial charge in [0, 0.05) is 195 Å². The molecule has 17 rings (SSSR count). The van der Waals surface area contributed by atoms with E-state index in [0.29, 0.717) is 101 Å². The van der Waals surface area contributed by atoms with Gasteiger partial charge in [0.15, 0.2) is 5.78 Å². The maximum absolute atomic E-state index is 13.1. The fraction of sp³-hybridized carbons (Fsp3) is 0.551. The number of unbranched alkanes of at least 4 members (excludes halogenated alkanes) is 2. The molecule has 28 heteroatoms. The van der Waals surface area contributed by atoms with Crippen LogP contribution in [0.25, 0.3) is 40.0 Å². The number of pyridine rings is 5. The van der Waals surface area contributed by atoms with E-state index in [1.165, 1.54) is 67.2 Å². The Morgan fingerprint density at radius 2 is 0.968 bits per heavy atom. The van der Waals surface area contributed by atoms with Crippen molar-refractivity contribution < 1.29 is 24.0 Å². The summed E-state index contributed by atoms with van der Waals surface area (Å²) in [5.74, 6) is 3.18. The van der Waals surface area contributed by atoms with Crippen molar-refractivity contribution in [3.8, 4) is 0 Å². The van der Waals surface area contributed by atoms with Crippen molar-refractivity contribution in [2.24, 2.45) is 44.8 Å². The van der Waals surface area contributed by atoms with E-state index in [1.807, 2.05) is 66.4 Å². The number of anilines is 1. The first-order chi connectivity index (χ1) is 60.8. The van der Waals surface area contributed by atoms with Crippen molar-refractivity contribution >= 4 is 75.4 Å². The summed E-state index contributed by atoms with van der Waals surface area (Å²) in [6.45, 7) is 21.8. The van der Waals surface area contributed by atoms with E-state index in [2.05, 4.69) is 89.9 Å². The van der Waals surface area contributed by atoms with Gasteiger partial charge in [0.1, 0.15) is 11.0 Å². The lowest BCUT2D eigenvalue weighted by molar-refractivity contribution is 0.0632. The number of likely N-dealkylation sites (tertiary alicyclic amines) is 4. The number of nitrogens with one attached hydrogen (secondary N) is 4. The van der Waals surface area contributed by atoms with Crippen molar-refractivity contribution in [1.82, 2.24) is 82.8 Å². The highest BCUT2D eigenvalue weighted by atomic mass is 16.2. The lowest BCUT2D eigenvalue weighted by atomic mass is 9.87. The molecule has 28 nitrogen and oxygen atoms in total. The number of ketones is 1. The van der Waals surface area contributed by atoms with Crippen molar-refractivity contribution in [2.45, 2.75) is 187 Å². The molecule has 13 heterocycles. The summed E-state index contributed by atoms with van der Waals surface area (Å²) < 4.78 is 7.93. The number of carbonyl (C=O) groups is 5. The molecule has 0 aromatic carbocycles. The van der Waals surface area contributed by atoms with Gasteiger partial charge in [-0.2, -0.15) is 0 Å². The number of fused-ring (bicyclic) bond motifs is 5. The maximum Gasteiger partial charge on any atom is 0.274 e. The van der Waals surface area contributed by atoms with Gasteiger partial charge < -0.3 is 77.7 Å². The lowest BCUT2D eigenvalue weighted by Gasteiger charge is -2.42. The average Bonchev–Trinajstić information content (AvgIpc) is 1.62. The number of nitrogens with zero attached hydrogens (tertiary/aromatic N) is 14. The van der Waals surface area contributed by atoms with E-state index in [0.717, 1.165) is 206 Å². The third kappa shape index (κ3) is 22.8. The van der Waals surface area contributed by atoms with Crippen LogP contribution >= 0.6 is 0 Å². The zero-order chi connectivity index (χ0) is 89.2. The maximum atomic E-state index is 13.1. The third-order valence-electron chi connectivity index (χ3n) is 27.2. The minimum Gasteiger partial charge on any atom is -0.357 e. The molecule has 0 spiro atoms. The highest BCUT2D eigenvalue weighted by Gasteiger charge is 2.33. The predicted molar refractivity (Wildman–Crippen MR) is 500 cm³/mol. The van der Waals surface area contributed by atoms with Gasteiger partial charge in [-0.05, 0) is 241 Å². The van der Waals surface area contributed by atoms with E-state index < -0.39 is 0 Å². The molecule has 0 radical (unpaired) electrons. The number of rotatable bonds is 24. The van der Waals surface area contributed by atoms with Crippen molar-refractivity contribution in [1.29, 1.82) is 0 Å². The summed E-state index contributed by atoms with van der Waals surface area (Å²) in [6.07, 6.45) is 49.6. The molecule has 8 aromatic rings. The SMILES string of the molecule is CC1CCCN(CCCC(=O)c2cn(C)c(=O)c3[nH]ccc23)C1.CCCCn1cc(C(=O)N(C)CC2CCN(C)CC2)c2c(c1=O)CC=C2.CCCCn1cc(C(=O)NCC2CCN(C)CC2)c2c(c1=O)CC=C2.CN(CC1CCN(C2CCC2)CC1)C(=O)c1cn(C)c(=O)c2c1C=CC2.Cn1cc(C(=O)NC2CCN(c3ncccn3)CC2)c2cc[nH]c2c1=O. The molecule has 6 fully saturated rings. The summed E-state index contributed by atoms with van der Waals surface area (Å²) in [4.78, 5) is 156. The van der Waals surface area contributed by atoms with Crippen LogP contribution in [0.3, 0.4) is 0 Å². The molecule has 0 bridgehead atoms. The summed E-state index contributed by atoms with van der Waals surface area (Å²) in [7, 11) is 13.2. The quantitative estimate of drug-likeness (QED) is 0.0409. The van der Waals surface area contributed by atoms with E-state index >= 15 is 0 Å². The van der Waals surface area contributed by atoms with Crippen molar-refractivity contribution in [2.75, 3.05) is 125 Å². The summed E-state index contributed by atoms with van der Waals surface area (Å²) in [5.41, 5.74) is 8.78. The predicted octanol–water partition coefficient (Wildman–Crippen LogP) is 10.8. The molecule has 1 unspecified atom stereocenters. The van der Waals surface area contributed by atoms with E-state index in [1.54, 1.807) is 103 Å². The first-order valence-electron chi connectivity index (χ1n) is 46.4. The second-order valence-corrected chi connectivity index (χ2v) is 36.7. The van der Waals surface area contributed by atoms with Crippen LogP contribution in [0.2, 0.25) is 0 Å². The normalized spacial score (nSPS) is 18.1. The average molecular weight is 1720 g/mol. The number of allylic oxidation sites excluding steroid dienone is 3. The molecule has 9 aliphatic rings. The first-order valence-corrected chi connectivity index (χ1v) is 46.4. The number of Topliss-reactive ketones (excluding diaryl/α,β-unsaturated/α-hetero) is 1. The van der Waals surface area contributed by atoms with Crippen LogP contribution < -0.4 is 43.3 Å². The molecule has 1 saturated carbocycles. The van der Waals surface area contributed by atoms with Crippen LogP contribution in [0.1, 0.15) is 228 Å². The molecule has 4 aliphatic carbocycles. The third-order valence-corrected chi connectivity index (χ3v) is 27.2. The number of aromatic amines is 2. The molecule has 676 valence electrons. The Balaban J connectivity index is 0.000000135. The highest BCUT2D eigenvalue weighted by molar-refractivity contribution is 6.08. The molecular weight excluding hydrogens is 1590 g/mol. The number of piperidine rings is 5. The van der Waals surface area contributed by atoms with Crippen LogP contribution in [0, 0.1) is 23.7 Å². The second-order valence-electron chi connectivity index (χ2n) is 36.7. The van der Waals surface area contributed by atoms with Gasteiger partial charge >= 0.3 is 0 Å². The number of H-pyrrole nitrogens is 2. The Hall–Kier alpha value is -10.7. The highest BCUT2D eigenvalue weighted by Crippen LogP contribution is 2.32. The molecule has 4 amide bonds. The number of hydrogen-bond donors (Lipinski definition) is 4. The van der Waals surface area contributed by atoms with E-state index in [-0.39, 0.29) is 63.3 Å². The Kier molecular flexibility index (Phi) is 32.2. The van der Waals surface area contributed by atoms with Crippen LogP contribution in [0.5, 0.6) is 0 Å². The number of aryl methyl sites for hydroxylation is 5. The van der Waals surface area contributed by atoms with Gasteiger partial charge in [-0.3, -0.25) is 47.9 Å². The Morgan fingerprint density at radius 1 is 0.492 bits per heavy atom. The largest absolute Gasteiger partial charge is 0.357 e. The minimum absolute atomic E-state index is 0.00701. The fourth-order valence-electron chi connectivity index (χ4n) is 19.3. The topological polar surface area (TPSA) is 299 Å². The fourth-order valence-corrected chi connectivity index (χ4v) is 19.3. The van der Waals surface area contributed by atoms with Crippen molar-refractivity contribution in [3.63, 3.8) is 0 Å². The minimum atomic E-state index is -0.153. The molecule has 4 N–H and O–H groups in total. The van der Waals surface area contributed by atoms with Crippen LogP contribution in [-0.4, -0.2) is 233 Å². The smallest absolute Gasteiger partial charge is 0.274 e. The van der Waals surface area contributed by atoms with Gasteiger partial charge in [-0.15, -0.1) is 0 Å². The molecule has 126 heavy (non-hydrogen) atoms. The Bertz CT molecular complexity index is 5550. The second kappa shape index (κ2) is 43.7. The monoisotopic (exact) mass is 1720 g/mol. The molecule has 8 aromatic heterocycles. The van der Waals surface area contributed by atoms with Gasteiger partial charge in [0.2, 0.25) is 5.95 Å². The zero-order valence-electron chi connectivity index (χ0n) is 76.1. The molecular formula is C98H134N18O10. The number of aromatic nitrogens is 9. The Morgan fingerprint density at radius 3 is 1.49 bits per heavy atom. The number of hydrogen-bond acceptors (Lipinski definition) is 17.